The second kappa shape index (κ2) is 8.37. The molecule has 0 radical (unpaired) electrons. The van der Waals surface area contributed by atoms with Gasteiger partial charge in [0.1, 0.15) is 11.9 Å². The second-order valence-electron chi connectivity index (χ2n) is 5.71. The number of rotatable bonds is 7. The molecule has 2 unspecified atom stereocenters. The third-order valence-electron chi connectivity index (χ3n) is 4.00. The Balaban J connectivity index is 1.82. The molecule has 2 atom stereocenters. The fraction of sp³-hybridized carbons (Fsp3) is 0.350. The molecule has 122 valence electrons. The number of ether oxygens (including phenoxy) is 2. The van der Waals surface area contributed by atoms with E-state index in [1.165, 1.54) is 5.56 Å². The summed E-state index contributed by atoms with van der Waals surface area (Å²) >= 11 is 0. The molecule has 0 bridgehead atoms. The van der Waals surface area contributed by atoms with Crippen molar-refractivity contribution >= 4 is 5.97 Å². The Kier molecular flexibility index (Phi) is 6.21. The molecule has 2 aromatic carbocycles. The maximum absolute atomic E-state index is 11.9. The van der Waals surface area contributed by atoms with Crippen molar-refractivity contribution in [3.05, 3.63) is 65.7 Å². The third kappa shape index (κ3) is 5.13. The summed E-state index contributed by atoms with van der Waals surface area (Å²) in [4.78, 5) is 11.9. The van der Waals surface area contributed by atoms with Crippen molar-refractivity contribution in [2.75, 3.05) is 6.61 Å². The average Bonchev–Trinajstić information content (AvgIpc) is 2.60. The molecule has 3 nitrogen and oxygen atoms in total. The Bertz CT molecular complexity index is 605. The zero-order valence-electron chi connectivity index (χ0n) is 14.0. The Morgan fingerprint density at radius 1 is 0.957 bits per heavy atom. The van der Waals surface area contributed by atoms with Gasteiger partial charge in [0.25, 0.3) is 0 Å². The highest BCUT2D eigenvalue weighted by molar-refractivity contribution is 5.71. The van der Waals surface area contributed by atoms with Gasteiger partial charge < -0.3 is 9.47 Å². The number of esters is 1. The standard InChI is InChI=1S/C20H24O3/c1-4-15(2)17-10-12-19(13-11-17)22-14-20(21)23-16(3)18-8-6-5-7-9-18/h5-13,15-16H,4,14H2,1-3H3. The van der Waals surface area contributed by atoms with Gasteiger partial charge in [-0.3, -0.25) is 0 Å². The van der Waals surface area contributed by atoms with E-state index in [0.717, 1.165) is 12.0 Å². The van der Waals surface area contributed by atoms with Crippen LogP contribution in [0.25, 0.3) is 0 Å². The maximum Gasteiger partial charge on any atom is 0.344 e. The van der Waals surface area contributed by atoms with Gasteiger partial charge in [0.05, 0.1) is 0 Å². The van der Waals surface area contributed by atoms with Crippen LogP contribution in [-0.4, -0.2) is 12.6 Å². The molecule has 0 heterocycles. The van der Waals surface area contributed by atoms with Crippen LogP contribution in [-0.2, 0) is 9.53 Å². The second-order valence-corrected chi connectivity index (χ2v) is 5.71. The van der Waals surface area contributed by atoms with Gasteiger partial charge in [-0.15, -0.1) is 0 Å². The molecule has 0 fully saturated rings. The lowest BCUT2D eigenvalue weighted by Crippen LogP contribution is -2.16. The molecule has 2 rings (SSSR count). The van der Waals surface area contributed by atoms with Crippen LogP contribution in [0, 0.1) is 0 Å². The summed E-state index contributed by atoms with van der Waals surface area (Å²) in [6.45, 7) is 6.13. The molecular weight excluding hydrogens is 288 g/mol. The van der Waals surface area contributed by atoms with Crippen LogP contribution >= 0.6 is 0 Å². The van der Waals surface area contributed by atoms with E-state index in [1.54, 1.807) is 0 Å². The monoisotopic (exact) mass is 312 g/mol. The molecule has 23 heavy (non-hydrogen) atoms. The van der Waals surface area contributed by atoms with Gasteiger partial charge >= 0.3 is 5.97 Å². The van der Waals surface area contributed by atoms with Gasteiger partial charge in [0.2, 0.25) is 0 Å². The normalized spacial score (nSPS) is 13.2. The predicted molar refractivity (Wildman–Crippen MR) is 91.6 cm³/mol. The van der Waals surface area contributed by atoms with E-state index in [1.807, 2.05) is 61.5 Å². The summed E-state index contributed by atoms with van der Waals surface area (Å²) < 4.78 is 10.9. The molecule has 0 aromatic heterocycles. The van der Waals surface area contributed by atoms with Crippen LogP contribution in [0.2, 0.25) is 0 Å². The first-order chi connectivity index (χ1) is 11.1. The van der Waals surface area contributed by atoms with Crippen LogP contribution in [0.15, 0.2) is 54.6 Å². The molecule has 0 saturated carbocycles. The molecule has 0 N–H and O–H groups in total. The summed E-state index contributed by atoms with van der Waals surface area (Å²) in [5, 5.41) is 0. The fourth-order valence-electron chi connectivity index (χ4n) is 2.29. The van der Waals surface area contributed by atoms with E-state index < -0.39 is 0 Å². The molecule has 0 spiro atoms. The summed E-state index contributed by atoms with van der Waals surface area (Å²) in [7, 11) is 0. The fourth-order valence-corrected chi connectivity index (χ4v) is 2.29. The molecule has 0 aliphatic rings. The van der Waals surface area contributed by atoms with E-state index in [-0.39, 0.29) is 18.7 Å². The van der Waals surface area contributed by atoms with Crippen molar-refractivity contribution in [1.29, 1.82) is 0 Å². The predicted octanol–water partition coefficient (Wildman–Crippen LogP) is 4.88. The molecule has 0 aliphatic heterocycles. The summed E-state index contributed by atoms with van der Waals surface area (Å²) in [5.41, 5.74) is 2.25. The molecular formula is C20H24O3. The van der Waals surface area contributed by atoms with Crippen LogP contribution in [0.4, 0.5) is 0 Å². The first-order valence-electron chi connectivity index (χ1n) is 8.07. The Hall–Kier alpha value is -2.29. The number of benzene rings is 2. The maximum atomic E-state index is 11.9. The van der Waals surface area contributed by atoms with Crippen molar-refractivity contribution in [1.82, 2.24) is 0 Å². The van der Waals surface area contributed by atoms with Crippen molar-refractivity contribution in [3.63, 3.8) is 0 Å². The van der Waals surface area contributed by atoms with Crippen LogP contribution < -0.4 is 4.74 Å². The van der Waals surface area contributed by atoms with E-state index >= 15 is 0 Å². The van der Waals surface area contributed by atoms with Gasteiger partial charge in [-0.2, -0.15) is 0 Å². The molecule has 2 aromatic rings. The summed E-state index contributed by atoms with van der Waals surface area (Å²) in [5.74, 6) is 0.842. The zero-order chi connectivity index (χ0) is 16.7. The highest BCUT2D eigenvalue weighted by atomic mass is 16.6. The highest BCUT2D eigenvalue weighted by Crippen LogP contribution is 2.21. The molecule has 0 saturated heterocycles. The van der Waals surface area contributed by atoms with Gasteiger partial charge in [-0.25, -0.2) is 4.79 Å². The minimum Gasteiger partial charge on any atom is -0.482 e. The summed E-state index contributed by atoms with van der Waals surface area (Å²) in [6.07, 6.45) is 0.823. The summed E-state index contributed by atoms with van der Waals surface area (Å²) in [6, 6.07) is 17.5. The molecule has 0 aliphatic carbocycles. The lowest BCUT2D eigenvalue weighted by atomic mass is 9.99. The van der Waals surface area contributed by atoms with Gasteiger partial charge in [0, 0.05) is 0 Å². The number of carbonyl (C=O) groups is 1. The smallest absolute Gasteiger partial charge is 0.344 e. The van der Waals surface area contributed by atoms with Crippen molar-refractivity contribution in [2.24, 2.45) is 0 Å². The topological polar surface area (TPSA) is 35.5 Å². The zero-order valence-corrected chi connectivity index (χ0v) is 14.0. The minimum atomic E-state index is -0.368. The molecule has 0 amide bonds. The molecule has 3 heteroatoms. The quantitative estimate of drug-likeness (QED) is 0.683. The SMILES string of the molecule is CCC(C)c1ccc(OCC(=O)OC(C)c2ccccc2)cc1. The van der Waals surface area contributed by atoms with E-state index in [4.69, 9.17) is 9.47 Å². The Morgan fingerprint density at radius 3 is 2.22 bits per heavy atom. The largest absolute Gasteiger partial charge is 0.482 e. The van der Waals surface area contributed by atoms with E-state index in [2.05, 4.69) is 13.8 Å². The minimum absolute atomic E-state index is 0.0835. The number of carbonyl (C=O) groups excluding carboxylic acids is 1. The first-order valence-corrected chi connectivity index (χ1v) is 8.07. The Morgan fingerprint density at radius 2 is 1.61 bits per heavy atom. The Labute approximate surface area is 138 Å². The van der Waals surface area contributed by atoms with Crippen molar-refractivity contribution in [2.45, 2.75) is 39.2 Å². The first kappa shape index (κ1) is 17.1. The van der Waals surface area contributed by atoms with Gasteiger partial charge in [-0.1, -0.05) is 56.3 Å². The van der Waals surface area contributed by atoms with E-state index in [9.17, 15) is 4.79 Å². The number of hydrogen-bond donors (Lipinski definition) is 0. The number of hydrogen-bond acceptors (Lipinski definition) is 3. The lowest BCUT2D eigenvalue weighted by Gasteiger charge is -2.14. The van der Waals surface area contributed by atoms with Crippen LogP contribution in [0.5, 0.6) is 5.75 Å². The van der Waals surface area contributed by atoms with Crippen molar-refractivity contribution in [3.8, 4) is 5.75 Å². The third-order valence-corrected chi connectivity index (χ3v) is 4.00. The van der Waals surface area contributed by atoms with Crippen LogP contribution in [0.1, 0.15) is 50.3 Å². The highest BCUT2D eigenvalue weighted by Gasteiger charge is 2.12. The average molecular weight is 312 g/mol. The lowest BCUT2D eigenvalue weighted by molar-refractivity contribution is -0.151. The van der Waals surface area contributed by atoms with Gasteiger partial charge in [-0.05, 0) is 42.5 Å². The van der Waals surface area contributed by atoms with Crippen LogP contribution in [0.3, 0.4) is 0 Å². The van der Waals surface area contributed by atoms with E-state index in [0.29, 0.717) is 11.7 Å². The van der Waals surface area contributed by atoms with Crippen molar-refractivity contribution < 1.29 is 14.3 Å². The van der Waals surface area contributed by atoms with Gasteiger partial charge in [0.15, 0.2) is 6.61 Å².